The first-order chi connectivity index (χ1) is 10.3. The predicted octanol–water partition coefficient (Wildman–Crippen LogP) is 1.47. The molecule has 0 aliphatic carbocycles. The lowest BCUT2D eigenvalue weighted by Crippen LogP contribution is -2.39. The second-order valence-electron chi connectivity index (χ2n) is 5.89. The molecular weight excluding hydrogens is 266 g/mol. The van der Waals surface area contributed by atoms with Gasteiger partial charge < -0.3 is 14.5 Å². The van der Waals surface area contributed by atoms with Crippen LogP contribution in [0.2, 0.25) is 0 Å². The van der Waals surface area contributed by atoms with Crippen LogP contribution >= 0.6 is 0 Å². The number of hydrogen-bond acceptors (Lipinski definition) is 4. The summed E-state index contributed by atoms with van der Waals surface area (Å²) in [4.78, 5) is 21.0. The van der Waals surface area contributed by atoms with Gasteiger partial charge in [-0.05, 0) is 31.4 Å². The van der Waals surface area contributed by atoms with E-state index in [0.29, 0.717) is 6.61 Å². The number of nitrogens with zero attached hydrogens (tertiary/aromatic N) is 3. The Hall–Kier alpha value is -1.62. The molecular formula is C16H23N3O2. The second kappa shape index (κ2) is 6.43. The highest BCUT2D eigenvalue weighted by molar-refractivity contribution is 5.79. The van der Waals surface area contributed by atoms with Crippen molar-refractivity contribution >= 4 is 11.6 Å². The maximum atomic E-state index is 12.5. The Morgan fingerprint density at radius 2 is 2.24 bits per heavy atom. The number of ether oxygens (including phenoxy) is 1. The lowest BCUT2D eigenvalue weighted by molar-refractivity contribution is -0.135. The van der Waals surface area contributed by atoms with E-state index in [9.17, 15) is 4.79 Å². The summed E-state index contributed by atoms with van der Waals surface area (Å²) in [5, 5.41) is 0. The minimum Gasteiger partial charge on any atom is -0.381 e. The fourth-order valence-electron chi connectivity index (χ4n) is 3.19. The number of anilines is 1. The van der Waals surface area contributed by atoms with E-state index in [-0.39, 0.29) is 11.8 Å². The third-order valence-corrected chi connectivity index (χ3v) is 4.42. The fraction of sp³-hybridized carbons (Fsp3) is 0.625. The van der Waals surface area contributed by atoms with Crippen LogP contribution in [0.1, 0.15) is 18.4 Å². The molecule has 2 saturated heterocycles. The maximum Gasteiger partial charge on any atom is 0.228 e. The van der Waals surface area contributed by atoms with Crippen molar-refractivity contribution in [2.75, 3.05) is 44.3 Å². The predicted molar refractivity (Wildman–Crippen MR) is 81.3 cm³/mol. The summed E-state index contributed by atoms with van der Waals surface area (Å²) in [6.07, 6.45) is 5.63. The van der Waals surface area contributed by atoms with E-state index < -0.39 is 0 Å². The minimum absolute atomic E-state index is 0.0826. The monoisotopic (exact) mass is 289 g/mol. The molecule has 1 atom stereocenters. The van der Waals surface area contributed by atoms with Gasteiger partial charge in [-0.3, -0.25) is 9.78 Å². The molecule has 3 heterocycles. The van der Waals surface area contributed by atoms with Gasteiger partial charge in [0.15, 0.2) is 0 Å². The van der Waals surface area contributed by atoms with Gasteiger partial charge in [0.2, 0.25) is 5.91 Å². The molecule has 21 heavy (non-hydrogen) atoms. The Kier molecular flexibility index (Phi) is 4.39. The van der Waals surface area contributed by atoms with Crippen LogP contribution in [0.15, 0.2) is 18.5 Å². The number of carbonyl (C=O) groups is 1. The van der Waals surface area contributed by atoms with Gasteiger partial charge in [-0.2, -0.15) is 0 Å². The maximum absolute atomic E-state index is 12.5. The zero-order valence-electron chi connectivity index (χ0n) is 12.6. The Bertz CT molecular complexity index is 500. The molecule has 2 fully saturated rings. The third-order valence-electron chi connectivity index (χ3n) is 4.42. The first-order valence-corrected chi connectivity index (χ1v) is 7.78. The average Bonchev–Trinajstić information content (AvgIpc) is 2.92. The van der Waals surface area contributed by atoms with E-state index in [1.807, 2.05) is 17.3 Å². The molecule has 5 heteroatoms. The van der Waals surface area contributed by atoms with Crippen LogP contribution < -0.4 is 4.90 Å². The van der Waals surface area contributed by atoms with E-state index >= 15 is 0 Å². The SMILES string of the molecule is Cc1cnccc1N1CCCN(C(=O)C2CCOC2)CC1. The zero-order chi connectivity index (χ0) is 14.7. The van der Waals surface area contributed by atoms with Gasteiger partial charge in [-0.1, -0.05) is 0 Å². The van der Waals surface area contributed by atoms with Gasteiger partial charge >= 0.3 is 0 Å². The van der Waals surface area contributed by atoms with E-state index in [2.05, 4.69) is 22.9 Å². The third kappa shape index (κ3) is 3.18. The Labute approximate surface area is 125 Å². The highest BCUT2D eigenvalue weighted by Gasteiger charge is 2.29. The molecule has 3 rings (SSSR count). The second-order valence-corrected chi connectivity index (χ2v) is 5.89. The van der Waals surface area contributed by atoms with Crippen molar-refractivity contribution < 1.29 is 9.53 Å². The summed E-state index contributed by atoms with van der Waals surface area (Å²) in [6.45, 7) is 6.97. The topological polar surface area (TPSA) is 45.7 Å². The molecule has 0 N–H and O–H groups in total. The summed E-state index contributed by atoms with van der Waals surface area (Å²) in [7, 11) is 0. The van der Waals surface area contributed by atoms with Crippen molar-refractivity contribution in [2.24, 2.45) is 5.92 Å². The minimum atomic E-state index is 0.0826. The molecule has 114 valence electrons. The standard InChI is InChI=1S/C16H23N3O2/c1-13-11-17-5-3-15(13)18-6-2-7-19(9-8-18)16(20)14-4-10-21-12-14/h3,5,11,14H,2,4,6-10,12H2,1H3. The van der Waals surface area contributed by atoms with Gasteiger partial charge in [-0.25, -0.2) is 0 Å². The molecule has 0 aromatic carbocycles. The highest BCUT2D eigenvalue weighted by Crippen LogP contribution is 2.21. The fourth-order valence-corrected chi connectivity index (χ4v) is 3.19. The summed E-state index contributed by atoms with van der Waals surface area (Å²) in [5.41, 5.74) is 2.44. The smallest absolute Gasteiger partial charge is 0.228 e. The van der Waals surface area contributed by atoms with Crippen LogP contribution in [0.4, 0.5) is 5.69 Å². The van der Waals surface area contributed by atoms with Crippen molar-refractivity contribution in [2.45, 2.75) is 19.8 Å². The molecule has 0 radical (unpaired) electrons. The van der Waals surface area contributed by atoms with Crippen molar-refractivity contribution in [1.29, 1.82) is 0 Å². The molecule has 1 aromatic heterocycles. The average molecular weight is 289 g/mol. The summed E-state index contributed by atoms with van der Waals surface area (Å²) < 4.78 is 5.34. The Morgan fingerprint density at radius 1 is 1.33 bits per heavy atom. The highest BCUT2D eigenvalue weighted by atomic mass is 16.5. The molecule has 5 nitrogen and oxygen atoms in total. The molecule has 2 aliphatic rings. The summed E-state index contributed by atoms with van der Waals surface area (Å²) >= 11 is 0. The van der Waals surface area contributed by atoms with Gasteiger partial charge in [0, 0.05) is 50.9 Å². The van der Waals surface area contributed by atoms with Crippen LogP contribution in [-0.4, -0.2) is 55.2 Å². The summed E-state index contributed by atoms with van der Waals surface area (Å²) in [5.74, 6) is 0.361. The van der Waals surface area contributed by atoms with Gasteiger partial charge in [0.25, 0.3) is 0 Å². The Morgan fingerprint density at radius 3 is 3.00 bits per heavy atom. The van der Waals surface area contributed by atoms with Crippen molar-refractivity contribution in [3.8, 4) is 0 Å². The molecule has 0 spiro atoms. The molecule has 1 aromatic rings. The number of carbonyl (C=O) groups excluding carboxylic acids is 1. The van der Waals surface area contributed by atoms with E-state index in [1.54, 1.807) is 0 Å². The lowest BCUT2D eigenvalue weighted by atomic mass is 10.1. The number of amides is 1. The zero-order valence-corrected chi connectivity index (χ0v) is 12.6. The van der Waals surface area contributed by atoms with Crippen molar-refractivity contribution in [3.05, 3.63) is 24.0 Å². The van der Waals surface area contributed by atoms with Gasteiger partial charge in [0.1, 0.15) is 0 Å². The number of rotatable bonds is 2. The molecule has 0 bridgehead atoms. The molecule has 2 aliphatic heterocycles. The van der Waals surface area contributed by atoms with Crippen LogP contribution in [0.3, 0.4) is 0 Å². The van der Waals surface area contributed by atoms with Crippen molar-refractivity contribution in [3.63, 3.8) is 0 Å². The molecule has 1 amide bonds. The van der Waals surface area contributed by atoms with Crippen LogP contribution in [0, 0.1) is 12.8 Å². The Balaban J connectivity index is 1.64. The van der Waals surface area contributed by atoms with E-state index in [1.165, 1.54) is 11.3 Å². The quantitative estimate of drug-likeness (QED) is 0.827. The first kappa shape index (κ1) is 14.3. The lowest BCUT2D eigenvalue weighted by Gasteiger charge is -2.25. The largest absolute Gasteiger partial charge is 0.381 e. The van der Waals surface area contributed by atoms with Crippen LogP contribution in [0.5, 0.6) is 0 Å². The van der Waals surface area contributed by atoms with Crippen LogP contribution in [-0.2, 0) is 9.53 Å². The number of hydrogen-bond donors (Lipinski definition) is 0. The molecule has 1 unspecified atom stereocenters. The molecule has 0 saturated carbocycles. The van der Waals surface area contributed by atoms with Gasteiger partial charge in [0.05, 0.1) is 12.5 Å². The van der Waals surface area contributed by atoms with Crippen LogP contribution in [0.25, 0.3) is 0 Å². The van der Waals surface area contributed by atoms with E-state index in [0.717, 1.165) is 45.6 Å². The number of aromatic nitrogens is 1. The van der Waals surface area contributed by atoms with Crippen molar-refractivity contribution in [1.82, 2.24) is 9.88 Å². The number of aryl methyl sites for hydroxylation is 1. The normalized spacial score (nSPS) is 23.2. The number of pyridine rings is 1. The summed E-state index contributed by atoms with van der Waals surface area (Å²) in [6, 6.07) is 2.07. The van der Waals surface area contributed by atoms with E-state index in [4.69, 9.17) is 4.74 Å². The van der Waals surface area contributed by atoms with Gasteiger partial charge in [-0.15, -0.1) is 0 Å². The first-order valence-electron chi connectivity index (χ1n) is 7.78.